The van der Waals surface area contributed by atoms with Crippen LogP contribution in [0.3, 0.4) is 0 Å². The fraction of sp³-hybridized carbons (Fsp3) is 0.200. The van der Waals surface area contributed by atoms with Crippen LogP contribution in [0.1, 0.15) is 30.5 Å². The number of amides is 1. The summed E-state index contributed by atoms with van der Waals surface area (Å²) in [5.74, 6) is -1.78. The van der Waals surface area contributed by atoms with Gasteiger partial charge in [0, 0.05) is 12.1 Å². The van der Waals surface area contributed by atoms with Crippen molar-refractivity contribution in [1.29, 1.82) is 0 Å². The average Bonchev–Trinajstić information content (AvgIpc) is 2.91. The van der Waals surface area contributed by atoms with Gasteiger partial charge in [0.2, 0.25) is 0 Å². The number of hydrogen-bond acceptors (Lipinski definition) is 3. The Kier molecular flexibility index (Phi) is 6.25. The third kappa shape index (κ3) is 3.74. The Labute approximate surface area is 182 Å². The smallest absolute Gasteiger partial charge is 0.295 e. The molecule has 0 aliphatic carbocycles. The molecule has 1 saturated heterocycles. The number of halogens is 4. The van der Waals surface area contributed by atoms with Crippen LogP contribution in [0.25, 0.3) is 5.76 Å². The van der Waals surface area contributed by atoms with Crippen molar-refractivity contribution >= 4 is 63.9 Å². The van der Waals surface area contributed by atoms with Gasteiger partial charge in [-0.1, -0.05) is 59.4 Å². The van der Waals surface area contributed by atoms with Crippen LogP contribution in [0.15, 0.2) is 42.0 Å². The van der Waals surface area contributed by atoms with Crippen molar-refractivity contribution in [2.75, 3.05) is 6.54 Å². The molecule has 0 saturated carbocycles. The van der Waals surface area contributed by atoms with E-state index in [1.54, 1.807) is 18.2 Å². The Morgan fingerprint density at radius 3 is 2.14 bits per heavy atom. The molecule has 1 unspecified atom stereocenters. The van der Waals surface area contributed by atoms with Gasteiger partial charge in [0.25, 0.3) is 11.7 Å². The Hall–Kier alpha value is -1.72. The van der Waals surface area contributed by atoms with Crippen molar-refractivity contribution in [3.8, 4) is 0 Å². The largest absolute Gasteiger partial charge is 0.507 e. The summed E-state index contributed by atoms with van der Waals surface area (Å²) in [4.78, 5) is 26.8. The summed E-state index contributed by atoms with van der Waals surface area (Å²) in [6, 6.07) is 8.55. The second-order valence-electron chi connectivity index (χ2n) is 6.29. The van der Waals surface area contributed by atoms with Crippen molar-refractivity contribution < 1.29 is 14.7 Å². The lowest BCUT2D eigenvalue weighted by Crippen LogP contribution is -2.30. The lowest BCUT2D eigenvalue weighted by Gasteiger charge is -2.25. The topological polar surface area (TPSA) is 57.6 Å². The molecule has 0 spiro atoms. The predicted octanol–water partition coefficient (Wildman–Crippen LogP) is 6.13. The molecule has 1 aliphatic rings. The fourth-order valence-electron chi connectivity index (χ4n) is 3.18. The van der Waals surface area contributed by atoms with Gasteiger partial charge >= 0.3 is 0 Å². The number of hydrogen-bond donors (Lipinski definition) is 1. The molecule has 28 heavy (non-hydrogen) atoms. The third-order valence-corrected chi connectivity index (χ3v) is 5.93. The number of carbonyl (C=O) groups is 2. The lowest BCUT2D eigenvalue weighted by atomic mass is 9.95. The Morgan fingerprint density at radius 1 is 0.964 bits per heavy atom. The molecule has 0 bridgehead atoms. The quantitative estimate of drug-likeness (QED) is 0.340. The highest BCUT2D eigenvalue weighted by molar-refractivity contribution is 6.47. The molecule has 1 amide bonds. The predicted molar refractivity (Wildman–Crippen MR) is 112 cm³/mol. The first kappa shape index (κ1) is 21.0. The Bertz CT molecular complexity index is 1000. The van der Waals surface area contributed by atoms with Crippen LogP contribution in [0, 0.1) is 0 Å². The van der Waals surface area contributed by atoms with Gasteiger partial charge in [-0.2, -0.15) is 0 Å². The molecule has 0 aromatic heterocycles. The first-order valence-corrected chi connectivity index (χ1v) is 9.96. The summed E-state index contributed by atoms with van der Waals surface area (Å²) >= 11 is 24.1. The van der Waals surface area contributed by atoms with Crippen molar-refractivity contribution in [1.82, 2.24) is 4.90 Å². The maximum absolute atomic E-state index is 12.8. The highest BCUT2D eigenvalue weighted by atomic mass is 35.5. The average molecular weight is 459 g/mol. The van der Waals surface area contributed by atoms with Crippen molar-refractivity contribution in [3.63, 3.8) is 0 Å². The summed E-state index contributed by atoms with van der Waals surface area (Å²) in [5, 5.41) is 12.1. The second-order valence-corrected chi connectivity index (χ2v) is 7.92. The molecule has 1 fully saturated rings. The first-order valence-electron chi connectivity index (χ1n) is 8.45. The molecule has 0 radical (unpaired) electrons. The SMILES string of the molecule is CCCN1C(=O)C(=O)/C(=C(\O)c2ccc(Cl)c(Cl)c2)C1c1ccc(Cl)c(Cl)c1. The van der Waals surface area contributed by atoms with Crippen LogP contribution in [-0.4, -0.2) is 28.2 Å². The molecular weight excluding hydrogens is 444 g/mol. The van der Waals surface area contributed by atoms with E-state index in [1.165, 1.54) is 23.1 Å². The Balaban J connectivity index is 2.22. The molecule has 2 aromatic carbocycles. The Morgan fingerprint density at radius 2 is 1.57 bits per heavy atom. The van der Waals surface area contributed by atoms with E-state index >= 15 is 0 Å². The van der Waals surface area contributed by atoms with Crippen LogP contribution < -0.4 is 0 Å². The van der Waals surface area contributed by atoms with E-state index in [4.69, 9.17) is 46.4 Å². The number of aliphatic hydroxyl groups excluding tert-OH is 1. The lowest BCUT2D eigenvalue weighted by molar-refractivity contribution is -0.139. The molecule has 1 heterocycles. The number of Topliss-reactive ketones (excluding diaryl/α,β-unsaturated/α-hetero) is 1. The number of rotatable bonds is 4. The van der Waals surface area contributed by atoms with Gasteiger partial charge < -0.3 is 10.0 Å². The second kappa shape index (κ2) is 8.34. The number of carbonyl (C=O) groups excluding carboxylic acids is 2. The van der Waals surface area contributed by atoms with Gasteiger partial charge in [-0.05, 0) is 42.3 Å². The van der Waals surface area contributed by atoms with Gasteiger partial charge in [-0.25, -0.2) is 0 Å². The molecule has 146 valence electrons. The molecule has 2 aromatic rings. The van der Waals surface area contributed by atoms with Crippen LogP contribution in [0.5, 0.6) is 0 Å². The van der Waals surface area contributed by atoms with Gasteiger partial charge in [-0.3, -0.25) is 9.59 Å². The molecular formula is C20H15Cl4NO3. The molecule has 8 heteroatoms. The van der Waals surface area contributed by atoms with Gasteiger partial charge in [-0.15, -0.1) is 0 Å². The van der Waals surface area contributed by atoms with Crippen LogP contribution >= 0.6 is 46.4 Å². The highest BCUT2D eigenvalue weighted by Crippen LogP contribution is 2.41. The monoisotopic (exact) mass is 457 g/mol. The maximum atomic E-state index is 12.8. The highest BCUT2D eigenvalue weighted by Gasteiger charge is 2.45. The van der Waals surface area contributed by atoms with Crippen molar-refractivity contribution in [2.45, 2.75) is 19.4 Å². The number of nitrogens with zero attached hydrogens (tertiary/aromatic N) is 1. The molecule has 4 nitrogen and oxygen atoms in total. The maximum Gasteiger partial charge on any atom is 0.295 e. The first-order chi connectivity index (χ1) is 13.3. The van der Waals surface area contributed by atoms with E-state index in [-0.39, 0.29) is 26.9 Å². The van der Waals surface area contributed by atoms with E-state index < -0.39 is 17.7 Å². The standard InChI is InChI=1S/C20H15Cl4NO3/c1-2-7-25-17(10-3-5-12(21)14(23)8-10)16(19(27)20(25)28)18(26)11-4-6-13(22)15(24)9-11/h3-6,8-9,17,26H,2,7H2,1H3/b18-16-. The number of likely N-dealkylation sites (tertiary alicyclic amines) is 1. The number of benzene rings is 2. The summed E-state index contributed by atoms with van der Waals surface area (Å²) in [7, 11) is 0. The minimum absolute atomic E-state index is 0.0322. The van der Waals surface area contributed by atoms with E-state index in [1.807, 2.05) is 6.92 Å². The fourth-order valence-corrected chi connectivity index (χ4v) is 3.78. The summed E-state index contributed by atoms with van der Waals surface area (Å²) in [5.41, 5.74) is 0.827. The van der Waals surface area contributed by atoms with Crippen LogP contribution in [0.4, 0.5) is 0 Å². The molecule has 1 aliphatic heterocycles. The third-order valence-electron chi connectivity index (χ3n) is 4.46. The zero-order valence-electron chi connectivity index (χ0n) is 14.7. The van der Waals surface area contributed by atoms with E-state index in [0.29, 0.717) is 28.6 Å². The van der Waals surface area contributed by atoms with E-state index in [9.17, 15) is 14.7 Å². The van der Waals surface area contributed by atoms with E-state index in [0.717, 1.165) is 0 Å². The normalized spacial score (nSPS) is 18.8. The molecule has 3 rings (SSSR count). The minimum Gasteiger partial charge on any atom is -0.507 e. The van der Waals surface area contributed by atoms with E-state index in [2.05, 4.69) is 0 Å². The summed E-state index contributed by atoms with van der Waals surface area (Å²) in [6.45, 7) is 2.23. The summed E-state index contributed by atoms with van der Waals surface area (Å²) in [6.07, 6.45) is 0.637. The van der Waals surface area contributed by atoms with Crippen molar-refractivity contribution in [2.24, 2.45) is 0 Å². The summed E-state index contributed by atoms with van der Waals surface area (Å²) < 4.78 is 0. The van der Waals surface area contributed by atoms with Gasteiger partial charge in [0.15, 0.2) is 0 Å². The minimum atomic E-state index is -0.788. The zero-order valence-corrected chi connectivity index (χ0v) is 17.7. The number of ketones is 1. The zero-order chi connectivity index (χ0) is 20.6. The number of aliphatic hydroxyl groups is 1. The molecule has 1 atom stereocenters. The van der Waals surface area contributed by atoms with Gasteiger partial charge in [0.1, 0.15) is 5.76 Å². The molecule has 1 N–H and O–H groups in total. The van der Waals surface area contributed by atoms with Crippen LogP contribution in [-0.2, 0) is 9.59 Å². The van der Waals surface area contributed by atoms with Crippen LogP contribution in [0.2, 0.25) is 20.1 Å². The van der Waals surface area contributed by atoms with Crippen molar-refractivity contribution in [3.05, 3.63) is 73.2 Å². The van der Waals surface area contributed by atoms with Gasteiger partial charge in [0.05, 0.1) is 31.7 Å².